The molecule has 1 aromatic heterocycles. The fraction of sp³-hybridized carbons (Fsp3) is 0.429. The van der Waals surface area contributed by atoms with E-state index in [9.17, 15) is 9.59 Å². The molecule has 0 radical (unpaired) electrons. The van der Waals surface area contributed by atoms with Crippen LogP contribution in [0.15, 0.2) is 41.2 Å². The van der Waals surface area contributed by atoms with Gasteiger partial charge in [-0.25, -0.2) is 4.79 Å². The van der Waals surface area contributed by atoms with Gasteiger partial charge in [-0.3, -0.25) is 9.36 Å². The van der Waals surface area contributed by atoms with E-state index in [0.717, 1.165) is 0 Å². The zero-order chi connectivity index (χ0) is 20.7. The van der Waals surface area contributed by atoms with Gasteiger partial charge in [0.1, 0.15) is 5.56 Å². The Bertz CT molecular complexity index is 933. The third kappa shape index (κ3) is 3.40. The van der Waals surface area contributed by atoms with Crippen LogP contribution < -0.4 is 11.0 Å². The van der Waals surface area contributed by atoms with Crippen LogP contribution in [0.3, 0.4) is 0 Å². The third-order valence-corrected chi connectivity index (χ3v) is 5.50. The fourth-order valence-corrected chi connectivity index (χ4v) is 3.18. The molecule has 0 N–H and O–H groups in total. The number of benzene rings is 1. The maximum absolute atomic E-state index is 13.1. The van der Waals surface area contributed by atoms with Crippen molar-refractivity contribution in [3.05, 3.63) is 58.0 Å². The maximum Gasteiger partial charge on any atom is 0.496 e. The second-order valence-corrected chi connectivity index (χ2v) is 7.88. The lowest BCUT2D eigenvalue weighted by Gasteiger charge is -2.32. The number of pyridine rings is 1. The van der Waals surface area contributed by atoms with E-state index in [-0.39, 0.29) is 12.2 Å². The number of aromatic nitrogens is 1. The van der Waals surface area contributed by atoms with E-state index < -0.39 is 29.8 Å². The maximum atomic E-state index is 13.1. The fourth-order valence-electron chi connectivity index (χ4n) is 3.18. The van der Waals surface area contributed by atoms with E-state index in [1.54, 1.807) is 6.92 Å². The van der Waals surface area contributed by atoms with Gasteiger partial charge >= 0.3 is 13.1 Å². The van der Waals surface area contributed by atoms with Gasteiger partial charge < -0.3 is 14.0 Å². The molecule has 28 heavy (non-hydrogen) atoms. The summed E-state index contributed by atoms with van der Waals surface area (Å²) in [5.41, 5.74) is 0.398. The van der Waals surface area contributed by atoms with Crippen molar-refractivity contribution in [1.82, 2.24) is 4.57 Å². The summed E-state index contributed by atoms with van der Waals surface area (Å²) in [6, 6.07) is 10.7. The number of ether oxygens (including phenoxy) is 1. The average Bonchev–Trinajstić information content (AvgIpc) is 2.83. The highest BCUT2D eigenvalue weighted by Gasteiger charge is 2.52. The van der Waals surface area contributed by atoms with Gasteiger partial charge in [0.05, 0.1) is 17.8 Å². The minimum Gasteiger partial charge on any atom is -0.462 e. The summed E-state index contributed by atoms with van der Waals surface area (Å²) in [5.74, 6) is -0.657. The van der Waals surface area contributed by atoms with Crippen LogP contribution in [0.25, 0.3) is 5.69 Å². The van der Waals surface area contributed by atoms with Crippen LogP contribution in [0.2, 0.25) is 0 Å². The lowest BCUT2D eigenvalue weighted by Crippen LogP contribution is -2.42. The molecule has 0 aliphatic carbocycles. The second kappa shape index (κ2) is 7.22. The number of para-hydroxylation sites is 1. The molecule has 0 unspecified atom stereocenters. The molecule has 1 fully saturated rings. The van der Waals surface area contributed by atoms with Crippen LogP contribution in [0.4, 0.5) is 0 Å². The van der Waals surface area contributed by atoms with Crippen molar-refractivity contribution >= 4 is 18.6 Å². The molecular weight excluding hydrogens is 357 g/mol. The largest absolute Gasteiger partial charge is 0.496 e. The Morgan fingerprint density at radius 3 is 2.21 bits per heavy atom. The number of carbonyl (C=O) groups is 1. The second-order valence-electron chi connectivity index (χ2n) is 7.88. The first kappa shape index (κ1) is 20.4. The predicted octanol–water partition coefficient (Wildman–Crippen LogP) is 2.62. The normalized spacial score (nSPS) is 17.6. The van der Waals surface area contributed by atoms with E-state index in [0.29, 0.717) is 16.8 Å². The minimum atomic E-state index is -0.700. The van der Waals surface area contributed by atoms with E-state index in [4.69, 9.17) is 14.0 Å². The number of hydrogen-bond acceptors (Lipinski definition) is 5. The molecule has 0 bridgehead atoms. The van der Waals surface area contributed by atoms with Crippen molar-refractivity contribution < 1.29 is 18.8 Å². The van der Waals surface area contributed by atoms with Crippen LogP contribution in [-0.2, 0) is 14.0 Å². The first-order valence-electron chi connectivity index (χ1n) is 9.44. The summed E-state index contributed by atoms with van der Waals surface area (Å²) in [6.07, 6.45) is 0. The molecule has 2 heterocycles. The number of rotatable bonds is 4. The van der Waals surface area contributed by atoms with Gasteiger partial charge in [-0.2, -0.15) is 0 Å². The van der Waals surface area contributed by atoms with E-state index in [2.05, 4.69) is 0 Å². The summed E-state index contributed by atoms with van der Waals surface area (Å²) in [4.78, 5) is 25.6. The molecule has 1 saturated heterocycles. The number of esters is 1. The van der Waals surface area contributed by atoms with Crippen molar-refractivity contribution in [3.8, 4) is 5.69 Å². The zero-order valence-electron chi connectivity index (χ0n) is 17.2. The molecule has 1 aromatic carbocycles. The van der Waals surface area contributed by atoms with Gasteiger partial charge in [0.25, 0.3) is 5.56 Å². The van der Waals surface area contributed by atoms with Crippen LogP contribution in [0, 0.1) is 6.92 Å². The minimum absolute atomic E-state index is 0.0407. The predicted molar refractivity (Wildman–Crippen MR) is 108 cm³/mol. The van der Waals surface area contributed by atoms with Crippen molar-refractivity contribution in [2.24, 2.45) is 0 Å². The molecule has 1 aliphatic heterocycles. The molecule has 0 atom stereocenters. The number of carbonyl (C=O) groups excluding carboxylic acids is 1. The van der Waals surface area contributed by atoms with E-state index >= 15 is 0 Å². The van der Waals surface area contributed by atoms with Gasteiger partial charge in [-0.05, 0) is 59.7 Å². The number of hydrogen-bond donors (Lipinski definition) is 0. The molecular formula is C21H26BNO5. The molecule has 2 aromatic rings. The number of nitrogens with zero attached hydrogens (tertiary/aromatic N) is 1. The summed E-state index contributed by atoms with van der Waals surface area (Å²) in [5, 5.41) is 0. The van der Waals surface area contributed by atoms with E-state index in [1.165, 1.54) is 10.6 Å². The van der Waals surface area contributed by atoms with Crippen LogP contribution in [0.1, 0.15) is 50.7 Å². The Hall–Kier alpha value is -2.38. The topological polar surface area (TPSA) is 66.8 Å². The Morgan fingerprint density at radius 1 is 1.11 bits per heavy atom. The first-order valence-corrected chi connectivity index (χ1v) is 9.44. The van der Waals surface area contributed by atoms with Gasteiger partial charge in [-0.15, -0.1) is 0 Å². The lowest BCUT2D eigenvalue weighted by atomic mass is 9.77. The van der Waals surface area contributed by atoms with Gasteiger partial charge in [-0.1, -0.05) is 18.2 Å². The smallest absolute Gasteiger partial charge is 0.462 e. The average molecular weight is 383 g/mol. The molecule has 3 rings (SSSR count). The summed E-state index contributed by atoms with van der Waals surface area (Å²) in [7, 11) is -0.700. The van der Waals surface area contributed by atoms with Crippen molar-refractivity contribution in [3.63, 3.8) is 0 Å². The quantitative estimate of drug-likeness (QED) is 0.600. The lowest BCUT2D eigenvalue weighted by molar-refractivity contribution is 0.00578. The Balaban J connectivity index is 2.22. The highest BCUT2D eigenvalue weighted by Crippen LogP contribution is 2.36. The zero-order valence-corrected chi connectivity index (χ0v) is 17.2. The van der Waals surface area contributed by atoms with Gasteiger partial charge in [0.2, 0.25) is 0 Å². The molecule has 0 amide bonds. The first-order chi connectivity index (χ1) is 13.1. The molecule has 6 nitrogen and oxygen atoms in total. The Labute approximate surface area is 165 Å². The summed E-state index contributed by atoms with van der Waals surface area (Å²) in [6.45, 7) is 11.6. The summed E-state index contributed by atoms with van der Waals surface area (Å²) < 4.78 is 18.9. The highest BCUT2D eigenvalue weighted by molar-refractivity contribution is 6.62. The van der Waals surface area contributed by atoms with Crippen LogP contribution in [-0.4, -0.2) is 35.5 Å². The van der Waals surface area contributed by atoms with Crippen molar-refractivity contribution in [2.45, 2.75) is 52.7 Å². The van der Waals surface area contributed by atoms with Gasteiger partial charge in [0.15, 0.2) is 0 Å². The molecule has 0 saturated carbocycles. The monoisotopic (exact) mass is 383 g/mol. The standard InChI is InChI=1S/C21H26BNO5/c1-7-26-19(25)16-13-17(22-27-20(3,4)21(5,6)28-22)14(2)23(18(16)24)15-11-9-8-10-12-15/h8-13H,7H2,1-6H3. The van der Waals surface area contributed by atoms with E-state index in [1.807, 2.05) is 65.0 Å². The molecule has 7 heteroatoms. The van der Waals surface area contributed by atoms with Crippen molar-refractivity contribution in [1.29, 1.82) is 0 Å². The van der Waals surface area contributed by atoms with Crippen molar-refractivity contribution in [2.75, 3.05) is 6.61 Å². The highest BCUT2D eigenvalue weighted by atomic mass is 16.7. The summed E-state index contributed by atoms with van der Waals surface area (Å²) >= 11 is 0. The molecule has 1 aliphatic rings. The van der Waals surface area contributed by atoms with Crippen LogP contribution >= 0.6 is 0 Å². The Morgan fingerprint density at radius 2 is 1.68 bits per heavy atom. The third-order valence-electron chi connectivity index (χ3n) is 5.50. The molecule has 148 valence electrons. The van der Waals surface area contributed by atoms with Gasteiger partial charge in [0, 0.05) is 16.8 Å². The Kier molecular flexibility index (Phi) is 5.25. The van der Waals surface area contributed by atoms with Crippen LogP contribution in [0.5, 0.6) is 0 Å². The molecule has 0 spiro atoms. The SMILES string of the molecule is CCOC(=O)c1cc(B2OC(C)(C)C(C)(C)O2)c(C)n(-c2ccccc2)c1=O.